The van der Waals surface area contributed by atoms with E-state index in [1.807, 2.05) is 18.2 Å². The highest BCUT2D eigenvalue weighted by Gasteiger charge is 2.17. The molecule has 0 fully saturated rings. The van der Waals surface area contributed by atoms with Gasteiger partial charge in [-0.3, -0.25) is 5.10 Å². The average Bonchev–Trinajstić information content (AvgIpc) is 3.03. The number of rotatable bonds is 0. The van der Waals surface area contributed by atoms with E-state index in [4.69, 9.17) is 9.47 Å². The number of H-pyrrole nitrogens is 1. The maximum Gasteiger partial charge on any atom is 0.407 e. The molecule has 2 heterocycles. The van der Waals surface area contributed by atoms with Crippen LogP contribution in [0.1, 0.15) is 25.0 Å². The highest BCUT2D eigenvalue weighted by molar-refractivity contribution is 5.93. The molecule has 3 aromatic rings. The van der Waals surface area contributed by atoms with E-state index in [0.717, 1.165) is 10.9 Å². The zero-order valence-corrected chi connectivity index (χ0v) is 14.2. The van der Waals surface area contributed by atoms with Crippen LogP contribution in [0, 0.1) is 5.82 Å². The summed E-state index contributed by atoms with van der Waals surface area (Å²) in [5.74, 6) is 0.281. The third kappa shape index (κ3) is 3.20. The molecule has 0 saturated carbocycles. The van der Waals surface area contributed by atoms with Gasteiger partial charge in [0.2, 0.25) is 0 Å². The zero-order chi connectivity index (χ0) is 18.1. The van der Waals surface area contributed by atoms with Crippen LogP contribution in [0.4, 0.5) is 9.18 Å². The van der Waals surface area contributed by atoms with Gasteiger partial charge in [-0.25, -0.2) is 9.18 Å². The van der Waals surface area contributed by atoms with Crippen LogP contribution in [0.5, 0.6) is 5.75 Å². The van der Waals surface area contributed by atoms with E-state index in [2.05, 4.69) is 15.5 Å². The van der Waals surface area contributed by atoms with Gasteiger partial charge >= 0.3 is 6.09 Å². The second-order valence-corrected chi connectivity index (χ2v) is 6.23. The van der Waals surface area contributed by atoms with Crippen molar-refractivity contribution in [3.63, 3.8) is 0 Å². The molecular formula is C19H18FN3O3. The number of ether oxygens (including phenoxy) is 2. The first-order valence-electron chi connectivity index (χ1n) is 8.46. The molecule has 2 aromatic carbocycles. The molecule has 134 valence electrons. The van der Waals surface area contributed by atoms with Crippen LogP contribution in [0.3, 0.4) is 0 Å². The summed E-state index contributed by atoms with van der Waals surface area (Å²) < 4.78 is 25.3. The fourth-order valence-electron chi connectivity index (χ4n) is 3.01. The third-order valence-electron chi connectivity index (χ3n) is 4.34. The van der Waals surface area contributed by atoms with Crippen molar-refractivity contribution in [2.24, 2.45) is 0 Å². The summed E-state index contributed by atoms with van der Waals surface area (Å²) in [7, 11) is 0. The molecule has 1 aliphatic rings. The lowest BCUT2D eigenvalue weighted by atomic mass is 10.0. The molecule has 0 radical (unpaired) electrons. The lowest BCUT2D eigenvalue weighted by Gasteiger charge is -2.15. The van der Waals surface area contributed by atoms with E-state index in [0.29, 0.717) is 42.1 Å². The summed E-state index contributed by atoms with van der Waals surface area (Å²) in [5, 5.41) is 10.8. The number of halogens is 1. The number of nitrogens with one attached hydrogen (secondary N) is 2. The first kappa shape index (κ1) is 16.4. The molecule has 0 spiro atoms. The molecule has 7 heteroatoms. The molecule has 1 atom stereocenters. The number of nitrogens with zero attached hydrogens (tertiary/aromatic N) is 1. The molecule has 0 aliphatic carbocycles. The Kier molecular flexibility index (Phi) is 4.20. The van der Waals surface area contributed by atoms with Gasteiger partial charge in [0.25, 0.3) is 0 Å². The van der Waals surface area contributed by atoms with Crippen molar-refractivity contribution in [3.05, 3.63) is 47.8 Å². The number of alkyl carbamates (subject to hydrolysis) is 1. The molecule has 4 rings (SSSR count). The molecule has 1 aromatic heterocycles. The number of hydrogen-bond acceptors (Lipinski definition) is 4. The van der Waals surface area contributed by atoms with Gasteiger partial charge in [0, 0.05) is 17.5 Å². The number of carbonyl (C=O) groups is 1. The number of benzene rings is 2. The normalized spacial score (nSPS) is 17.8. The third-order valence-corrected chi connectivity index (χ3v) is 4.34. The molecule has 2 N–H and O–H groups in total. The molecule has 1 amide bonds. The Labute approximate surface area is 149 Å². The van der Waals surface area contributed by atoms with Gasteiger partial charge in [-0.2, -0.15) is 5.10 Å². The van der Waals surface area contributed by atoms with Crippen molar-refractivity contribution in [2.45, 2.75) is 19.4 Å². The molecule has 4 bridgehead atoms. The maximum atomic E-state index is 14.2. The van der Waals surface area contributed by atoms with Crippen LogP contribution in [0.25, 0.3) is 22.2 Å². The number of hydrogen-bond donors (Lipinski definition) is 2. The fourth-order valence-corrected chi connectivity index (χ4v) is 3.01. The molecule has 6 nitrogen and oxygen atoms in total. The zero-order valence-electron chi connectivity index (χ0n) is 14.2. The SMILES string of the molecule is CC1OC(=O)NCCCOc2ccc3[nH]nc(c3c2)-c2cc(F)cc1c2. The minimum atomic E-state index is -0.591. The van der Waals surface area contributed by atoms with E-state index in [-0.39, 0.29) is 0 Å². The molecule has 0 saturated heterocycles. The molecule has 1 aliphatic heterocycles. The van der Waals surface area contributed by atoms with Crippen LogP contribution in [0.2, 0.25) is 0 Å². The lowest BCUT2D eigenvalue weighted by molar-refractivity contribution is 0.106. The standard InChI is InChI=1S/C19H18FN3O3/c1-11-12-7-13(9-14(20)8-12)18-16-10-15(3-4-17(16)22-23-18)25-6-2-5-21-19(24)26-11/h3-4,7-11H,2,5-6H2,1H3,(H,21,24)(H,22,23). The van der Waals surface area contributed by atoms with Gasteiger partial charge in [0.05, 0.1) is 12.1 Å². The summed E-state index contributed by atoms with van der Waals surface area (Å²) in [6, 6.07) is 10.2. The van der Waals surface area contributed by atoms with Crippen LogP contribution in [-0.4, -0.2) is 29.4 Å². The summed E-state index contributed by atoms with van der Waals surface area (Å²) in [6.07, 6.45) is -0.491. The second-order valence-electron chi connectivity index (χ2n) is 6.23. The Hall–Kier alpha value is -3.09. The predicted molar refractivity (Wildman–Crippen MR) is 94.5 cm³/mol. The van der Waals surface area contributed by atoms with Gasteiger partial charge in [-0.15, -0.1) is 0 Å². The van der Waals surface area contributed by atoms with Crippen molar-refractivity contribution in [1.82, 2.24) is 15.5 Å². The van der Waals surface area contributed by atoms with E-state index in [9.17, 15) is 9.18 Å². The Bertz CT molecular complexity index is 970. The van der Waals surface area contributed by atoms with Crippen molar-refractivity contribution in [2.75, 3.05) is 13.2 Å². The van der Waals surface area contributed by atoms with Gasteiger partial charge in [-0.1, -0.05) is 0 Å². The largest absolute Gasteiger partial charge is 0.494 e. The van der Waals surface area contributed by atoms with Crippen LogP contribution < -0.4 is 10.1 Å². The average molecular weight is 355 g/mol. The monoisotopic (exact) mass is 355 g/mol. The Balaban J connectivity index is 1.84. The van der Waals surface area contributed by atoms with E-state index < -0.39 is 18.0 Å². The fraction of sp³-hybridized carbons (Fsp3) is 0.263. The van der Waals surface area contributed by atoms with E-state index >= 15 is 0 Å². The Morgan fingerprint density at radius 1 is 1.23 bits per heavy atom. The number of carbonyl (C=O) groups excluding carboxylic acids is 1. The van der Waals surface area contributed by atoms with Crippen molar-refractivity contribution >= 4 is 17.0 Å². The van der Waals surface area contributed by atoms with Crippen LogP contribution >= 0.6 is 0 Å². The van der Waals surface area contributed by atoms with E-state index in [1.54, 1.807) is 13.0 Å². The van der Waals surface area contributed by atoms with Crippen molar-refractivity contribution in [3.8, 4) is 17.0 Å². The molecular weight excluding hydrogens is 337 g/mol. The van der Waals surface area contributed by atoms with Gasteiger partial charge in [-0.05, 0) is 55.3 Å². The minimum absolute atomic E-state index is 0.416. The number of aromatic amines is 1. The summed E-state index contributed by atoms with van der Waals surface area (Å²) >= 11 is 0. The summed E-state index contributed by atoms with van der Waals surface area (Å²) in [5.41, 5.74) is 2.63. The maximum absolute atomic E-state index is 14.2. The van der Waals surface area contributed by atoms with Crippen molar-refractivity contribution in [1.29, 1.82) is 0 Å². The highest BCUT2D eigenvalue weighted by Crippen LogP contribution is 2.32. The molecule has 1 unspecified atom stereocenters. The smallest absolute Gasteiger partial charge is 0.407 e. The van der Waals surface area contributed by atoms with Crippen LogP contribution in [0.15, 0.2) is 36.4 Å². The second kappa shape index (κ2) is 6.67. The highest BCUT2D eigenvalue weighted by atomic mass is 19.1. The predicted octanol–water partition coefficient (Wildman–Crippen LogP) is 3.94. The molecule has 26 heavy (non-hydrogen) atoms. The van der Waals surface area contributed by atoms with Gasteiger partial charge in [0.15, 0.2) is 0 Å². The summed E-state index contributed by atoms with van der Waals surface area (Å²) in [4.78, 5) is 11.9. The van der Waals surface area contributed by atoms with Gasteiger partial charge in [0.1, 0.15) is 23.4 Å². The Morgan fingerprint density at radius 2 is 2.12 bits per heavy atom. The van der Waals surface area contributed by atoms with Crippen molar-refractivity contribution < 1.29 is 18.7 Å². The number of amides is 1. The topological polar surface area (TPSA) is 76.2 Å². The number of fused-ring (bicyclic) bond motifs is 4. The first-order valence-corrected chi connectivity index (χ1v) is 8.46. The van der Waals surface area contributed by atoms with Gasteiger partial charge < -0.3 is 14.8 Å². The minimum Gasteiger partial charge on any atom is -0.494 e. The lowest BCUT2D eigenvalue weighted by Crippen LogP contribution is -2.27. The first-order chi connectivity index (χ1) is 12.6. The number of cyclic esters (lactones) is 1. The van der Waals surface area contributed by atoms with Crippen LogP contribution in [-0.2, 0) is 4.74 Å². The van der Waals surface area contributed by atoms with E-state index in [1.165, 1.54) is 12.1 Å². The number of aromatic nitrogens is 2. The quantitative estimate of drug-likeness (QED) is 0.640. The summed E-state index contributed by atoms with van der Waals surface area (Å²) in [6.45, 7) is 2.59. The Morgan fingerprint density at radius 3 is 3.00 bits per heavy atom.